The molecule has 25 heavy (non-hydrogen) atoms. The Balaban J connectivity index is 1.53. The highest BCUT2D eigenvalue weighted by Gasteiger charge is 2.30. The highest BCUT2D eigenvalue weighted by atomic mass is 16.5. The number of amides is 1. The van der Waals surface area contributed by atoms with Crippen LogP contribution in [0.3, 0.4) is 0 Å². The number of aliphatic hydroxyl groups excluding tert-OH is 1. The number of benzene rings is 1. The molecule has 0 radical (unpaired) electrons. The third kappa shape index (κ3) is 4.39. The number of likely N-dealkylation sites (tertiary alicyclic amines) is 1. The van der Waals surface area contributed by atoms with Crippen molar-refractivity contribution in [3.05, 3.63) is 47.8 Å². The van der Waals surface area contributed by atoms with Crippen LogP contribution in [-0.4, -0.2) is 44.9 Å². The minimum atomic E-state index is -0.536. The van der Waals surface area contributed by atoms with Gasteiger partial charge in [-0.05, 0) is 48.9 Å². The van der Waals surface area contributed by atoms with E-state index in [1.54, 1.807) is 19.1 Å². The normalized spacial score (nSPS) is 18.4. The van der Waals surface area contributed by atoms with Crippen LogP contribution in [0.5, 0.6) is 5.75 Å². The smallest absolute Gasteiger partial charge is 0.263 e. The lowest BCUT2D eigenvalue weighted by Gasteiger charge is -2.22. The average molecular weight is 343 g/mol. The first-order valence-corrected chi connectivity index (χ1v) is 8.68. The predicted octanol–water partition coefficient (Wildman–Crippen LogP) is 1.77. The number of hydrogen-bond donors (Lipinski definition) is 1. The zero-order valence-corrected chi connectivity index (χ0v) is 14.8. The van der Waals surface area contributed by atoms with Crippen molar-refractivity contribution in [2.24, 2.45) is 13.0 Å². The van der Waals surface area contributed by atoms with Gasteiger partial charge in [0.25, 0.3) is 5.91 Å². The fourth-order valence-electron chi connectivity index (χ4n) is 3.34. The maximum Gasteiger partial charge on any atom is 0.263 e. The number of ether oxygens (including phenoxy) is 1. The van der Waals surface area contributed by atoms with Gasteiger partial charge in [0.1, 0.15) is 5.75 Å². The first-order valence-electron chi connectivity index (χ1n) is 8.68. The number of aliphatic hydroxyl groups is 1. The summed E-state index contributed by atoms with van der Waals surface area (Å²) in [5.74, 6) is 1.10. The van der Waals surface area contributed by atoms with E-state index in [1.165, 1.54) is 5.56 Å². The van der Waals surface area contributed by atoms with Crippen LogP contribution >= 0.6 is 0 Å². The van der Waals surface area contributed by atoms with Gasteiger partial charge in [-0.2, -0.15) is 5.10 Å². The van der Waals surface area contributed by atoms with Crippen LogP contribution in [-0.2, 0) is 24.9 Å². The van der Waals surface area contributed by atoms with E-state index in [1.807, 2.05) is 41.2 Å². The Kier molecular flexibility index (Phi) is 5.38. The molecule has 0 aliphatic carbocycles. The van der Waals surface area contributed by atoms with Crippen molar-refractivity contribution in [2.75, 3.05) is 13.1 Å². The summed E-state index contributed by atoms with van der Waals surface area (Å²) < 4.78 is 7.58. The Hall–Kier alpha value is -2.34. The second-order valence-electron chi connectivity index (χ2n) is 6.73. The Labute approximate surface area is 148 Å². The molecule has 6 heteroatoms. The van der Waals surface area contributed by atoms with E-state index in [-0.39, 0.29) is 12.5 Å². The summed E-state index contributed by atoms with van der Waals surface area (Å²) in [5, 5.41) is 13.4. The number of aryl methyl sites for hydroxylation is 1. The van der Waals surface area contributed by atoms with Gasteiger partial charge >= 0.3 is 0 Å². The van der Waals surface area contributed by atoms with E-state index >= 15 is 0 Å². The molecule has 1 aliphatic rings. The summed E-state index contributed by atoms with van der Waals surface area (Å²) in [7, 11) is 1.92. The van der Waals surface area contributed by atoms with E-state index in [2.05, 4.69) is 5.10 Å². The Bertz CT molecular complexity index is 728. The molecule has 2 unspecified atom stereocenters. The highest BCUT2D eigenvalue weighted by Crippen LogP contribution is 2.22. The van der Waals surface area contributed by atoms with Crippen LogP contribution < -0.4 is 4.74 Å². The van der Waals surface area contributed by atoms with E-state index in [4.69, 9.17) is 4.74 Å². The number of carbonyl (C=O) groups is 1. The van der Waals surface area contributed by atoms with Gasteiger partial charge in [-0.15, -0.1) is 0 Å². The predicted molar refractivity (Wildman–Crippen MR) is 94.1 cm³/mol. The molecule has 1 N–H and O–H groups in total. The zero-order valence-electron chi connectivity index (χ0n) is 14.8. The molecule has 0 saturated carbocycles. The van der Waals surface area contributed by atoms with Gasteiger partial charge in [-0.3, -0.25) is 9.48 Å². The molecule has 1 aromatic heterocycles. The van der Waals surface area contributed by atoms with Gasteiger partial charge in [-0.25, -0.2) is 0 Å². The van der Waals surface area contributed by atoms with Crippen molar-refractivity contribution in [1.82, 2.24) is 14.7 Å². The molecule has 1 aromatic carbocycles. The van der Waals surface area contributed by atoms with Crippen LogP contribution in [0, 0.1) is 5.92 Å². The van der Waals surface area contributed by atoms with Crippen LogP contribution in [0.15, 0.2) is 36.7 Å². The van der Waals surface area contributed by atoms with Gasteiger partial charge in [0.15, 0.2) is 6.10 Å². The van der Waals surface area contributed by atoms with Gasteiger partial charge in [0.05, 0.1) is 12.8 Å². The molecule has 134 valence electrons. The number of hydrogen-bond acceptors (Lipinski definition) is 4. The molecule has 2 aromatic rings. The maximum absolute atomic E-state index is 12.6. The summed E-state index contributed by atoms with van der Waals surface area (Å²) in [6, 6.07) is 7.21. The standard InChI is InChI=1S/C19H25N3O3/c1-14(25-18-5-3-4-16(9-18)13-23)19(24)22-7-6-15(12-22)8-17-10-20-21(2)11-17/h3-5,9-11,14-15,23H,6-8,12-13H2,1-2H3. The SMILES string of the molecule is CC(Oc1cccc(CO)c1)C(=O)N1CCC(Cc2cnn(C)c2)C1. The van der Waals surface area contributed by atoms with Crippen molar-refractivity contribution >= 4 is 5.91 Å². The van der Waals surface area contributed by atoms with Crippen molar-refractivity contribution in [3.8, 4) is 5.75 Å². The molecule has 1 fully saturated rings. The number of nitrogens with zero attached hydrogens (tertiary/aromatic N) is 3. The van der Waals surface area contributed by atoms with Crippen LogP contribution in [0.4, 0.5) is 0 Å². The summed E-state index contributed by atoms with van der Waals surface area (Å²) in [6.07, 6.45) is 5.35. The molecule has 3 rings (SSSR count). The third-order valence-electron chi connectivity index (χ3n) is 4.62. The van der Waals surface area contributed by atoms with Crippen LogP contribution in [0.25, 0.3) is 0 Å². The first kappa shape index (κ1) is 17.5. The molecule has 1 aliphatic heterocycles. The molecular formula is C19H25N3O3. The minimum Gasteiger partial charge on any atom is -0.481 e. The average Bonchev–Trinajstić information content (AvgIpc) is 3.23. The summed E-state index contributed by atoms with van der Waals surface area (Å²) in [4.78, 5) is 14.5. The quantitative estimate of drug-likeness (QED) is 0.868. The summed E-state index contributed by atoms with van der Waals surface area (Å²) in [5.41, 5.74) is 1.99. The molecule has 2 atom stereocenters. The van der Waals surface area contributed by atoms with Gasteiger partial charge in [0.2, 0.25) is 0 Å². The third-order valence-corrected chi connectivity index (χ3v) is 4.62. The zero-order chi connectivity index (χ0) is 17.8. The Morgan fingerprint density at radius 2 is 2.28 bits per heavy atom. The maximum atomic E-state index is 12.6. The molecule has 2 heterocycles. The van der Waals surface area contributed by atoms with Crippen LogP contribution in [0.2, 0.25) is 0 Å². The molecule has 6 nitrogen and oxygen atoms in total. The Morgan fingerprint density at radius 3 is 3.00 bits per heavy atom. The minimum absolute atomic E-state index is 0.0167. The van der Waals surface area contributed by atoms with E-state index in [0.717, 1.165) is 31.5 Å². The number of carbonyl (C=O) groups excluding carboxylic acids is 1. The van der Waals surface area contributed by atoms with Gasteiger partial charge < -0.3 is 14.7 Å². The largest absolute Gasteiger partial charge is 0.481 e. The molecule has 1 saturated heterocycles. The molecule has 0 spiro atoms. The number of aromatic nitrogens is 2. The fourth-order valence-corrected chi connectivity index (χ4v) is 3.34. The van der Waals surface area contributed by atoms with Crippen molar-refractivity contribution in [1.29, 1.82) is 0 Å². The van der Waals surface area contributed by atoms with E-state index < -0.39 is 6.10 Å². The topological polar surface area (TPSA) is 67.6 Å². The first-order chi connectivity index (χ1) is 12.0. The molecule has 0 bridgehead atoms. The van der Waals surface area contributed by atoms with Gasteiger partial charge in [-0.1, -0.05) is 12.1 Å². The van der Waals surface area contributed by atoms with Crippen LogP contribution in [0.1, 0.15) is 24.5 Å². The van der Waals surface area contributed by atoms with Crippen molar-refractivity contribution in [3.63, 3.8) is 0 Å². The van der Waals surface area contributed by atoms with Crippen molar-refractivity contribution in [2.45, 2.75) is 32.5 Å². The lowest BCUT2D eigenvalue weighted by Crippen LogP contribution is -2.39. The highest BCUT2D eigenvalue weighted by molar-refractivity contribution is 5.81. The summed E-state index contributed by atoms with van der Waals surface area (Å²) in [6.45, 7) is 3.27. The number of rotatable bonds is 6. The fraction of sp³-hybridized carbons (Fsp3) is 0.474. The monoisotopic (exact) mass is 343 g/mol. The summed E-state index contributed by atoms with van der Waals surface area (Å²) >= 11 is 0. The van der Waals surface area contributed by atoms with Gasteiger partial charge in [0, 0.05) is 26.3 Å². The second kappa shape index (κ2) is 7.70. The van der Waals surface area contributed by atoms with Crippen molar-refractivity contribution < 1.29 is 14.6 Å². The molecule has 1 amide bonds. The van der Waals surface area contributed by atoms with E-state index in [9.17, 15) is 9.90 Å². The Morgan fingerprint density at radius 1 is 1.44 bits per heavy atom. The lowest BCUT2D eigenvalue weighted by molar-refractivity contribution is -0.137. The second-order valence-corrected chi connectivity index (χ2v) is 6.73. The lowest BCUT2D eigenvalue weighted by atomic mass is 10.0. The van der Waals surface area contributed by atoms with E-state index in [0.29, 0.717) is 11.7 Å². The molecular weight excluding hydrogens is 318 g/mol.